The van der Waals surface area contributed by atoms with Gasteiger partial charge < -0.3 is 4.74 Å². The first-order valence-electron chi connectivity index (χ1n) is 7.12. The van der Waals surface area contributed by atoms with Gasteiger partial charge in [0.15, 0.2) is 5.17 Å². The van der Waals surface area contributed by atoms with Crippen LogP contribution in [0.5, 0.6) is 5.75 Å². The molecular weight excluding hydrogens is 308 g/mol. The number of carbonyl (C=O) groups excluding carboxylic acids is 1. The van der Waals surface area contributed by atoms with Crippen LogP contribution in [0.1, 0.15) is 11.1 Å². The van der Waals surface area contributed by atoms with Crippen LogP contribution < -0.4 is 9.64 Å². The zero-order valence-electron chi connectivity index (χ0n) is 12.9. The number of carbonyl (C=O) groups is 1. The molecular formula is C18H16N2O2S. The molecule has 1 saturated heterocycles. The van der Waals surface area contributed by atoms with Crippen LogP contribution in [-0.4, -0.2) is 18.2 Å². The van der Waals surface area contributed by atoms with Gasteiger partial charge in [-0.15, -0.1) is 0 Å². The zero-order chi connectivity index (χ0) is 16.4. The highest BCUT2D eigenvalue weighted by Crippen LogP contribution is 2.36. The Balaban J connectivity index is 1.91. The van der Waals surface area contributed by atoms with Crippen LogP contribution in [0.15, 0.2) is 53.4 Å². The fourth-order valence-electron chi connectivity index (χ4n) is 2.37. The number of aryl methyl sites for hydroxylation is 1. The van der Waals surface area contributed by atoms with Gasteiger partial charge in [0.1, 0.15) is 5.75 Å². The summed E-state index contributed by atoms with van der Waals surface area (Å²) in [6.45, 7) is 1.94. The largest absolute Gasteiger partial charge is 0.497 e. The Morgan fingerprint density at radius 1 is 1.13 bits per heavy atom. The predicted octanol–water partition coefficient (Wildman–Crippen LogP) is 4.06. The van der Waals surface area contributed by atoms with E-state index in [4.69, 9.17) is 10.1 Å². The molecule has 23 heavy (non-hydrogen) atoms. The molecule has 5 heteroatoms. The lowest BCUT2D eigenvalue weighted by atomic mass is 10.1. The maximum atomic E-state index is 12.7. The molecule has 1 fully saturated rings. The lowest BCUT2D eigenvalue weighted by Crippen LogP contribution is -2.28. The number of hydrogen-bond acceptors (Lipinski definition) is 4. The van der Waals surface area contributed by atoms with E-state index >= 15 is 0 Å². The van der Waals surface area contributed by atoms with E-state index in [-0.39, 0.29) is 11.1 Å². The number of amidine groups is 1. The highest BCUT2D eigenvalue weighted by atomic mass is 32.2. The van der Waals surface area contributed by atoms with Gasteiger partial charge in [0.2, 0.25) is 0 Å². The lowest BCUT2D eigenvalue weighted by Gasteiger charge is -2.16. The van der Waals surface area contributed by atoms with E-state index in [9.17, 15) is 4.79 Å². The fraction of sp³-hybridized carbons (Fsp3) is 0.111. The van der Waals surface area contributed by atoms with Gasteiger partial charge in [0.25, 0.3) is 5.91 Å². The summed E-state index contributed by atoms with van der Waals surface area (Å²) in [7, 11) is 1.62. The average Bonchev–Trinajstić information content (AvgIpc) is 2.83. The van der Waals surface area contributed by atoms with Gasteiger partial charge in [-0.05, 0) is 54.1 Å². The molecule has 0 bridgehead atoms. The molecule has 116 valence electrons. The summed E-state index contributed by atoms with van der Waals surface area (Å²) in [5.74, 6) is 0.608. The molecule has 0 radical (unpaired) electrons. The van der Waals surface area contributed by atoms with Crippen molar-refractivity contribution in [3.63, 3.8) is 0 Å². The molecule has 0 atom stereocenters. The Labute approximate surface area is 139 Å². The van der Waals surface area contributed by atoms with Gasteiger partial charge in [-0.25, -0.2) is 0 Å². The van der Waals surface area contributed by atoms with Crippen molar-refractivity contribution in [3.05, 3.63) is 64.6 Å². The number of methoxy groups -OCH3 is 1. The summed E-state index contributed by atoms with van der Waals surface area (Å²) in [5, 5.41) is 8.36. The number of ether oxygens (including phenoxy) is 1. The Morgan fingerprint density at radius 2 is 1.83 bits per heavy atom. The molecule has 1 heterocycles. The van der Waals surface area contributed by atoms with Crippen molar-refractivity contribution < 1.29 is 9.53 Å². The van der Waals surface area contributed by atoms with Crippen LogP contribution in [0.3, 0.4) is 0 Å². The molecule has 1 aliphatic rings. The van der Waals surface area contributed by atoms with Crippen molar-refractivity contribution in [3.8, 4) is 5.75 Å². The maximum absolute atomic E-state index is 12.7. The third-order valence-electron chi connectivity index (χ3n) is 3.59. The highest BCUT2D eigenvalue weighted by molar-refractivity contribution is 8.19. The topological polar surface area (TPSA) is 53.4 Å². The molecule has 1 amide bonds. The summed E-state index contributed by atoms with van der Waals surface area (Å²) < 4.78 is 5.13. The maximum Gasteiger partial charge on any atom is 0.271 e. The van der Waals surface area contributed by atoms with E-state index < -0.39 is 0 Å². The third-order valence-corrected chi connectivity index (χ3v) is 4.48. The second-order valence-electron chi connectivity index (χ2n) is 5.12. The number of anilines is 1. The van der Waals surface area contributed by atoms with Crippen LogP contribution >= 0.6 is 11.8 Å². The SMILES string of the molecule is COc1ccc(/C=C2\SC(=N)N(c3ccccc3C)C2=O)cc1. The number of thioether (sulfide) groups is 1. The summed E-state index contributed by atoms with van der Waals surface area (Å²) >= 11 is 1.18. The number of nitrogens with zero attached hydrogens (tertiary/aromatic N) is 1. The van der Waals surface area contributed by atoms with Gasteiger partial charge in [0, 0.05) is 0 Å². The first-order chi connectivity index (χ1) is 11.1. The Bertz CT molecular complexity index is 797. The smallest absolute Gasteiger partial charge is 0.271 e. The first kappa shape index (κ1) is 15.4. The standard InChI is InChI=1S/C18H16N2O2S/c1-12-5-3-4-6-15(12)20-17(21)16(23-18(20)19)11-13-7-9-14(22-2)10-8-13/h3-11,19H,1-2H3/b16-11-,19-18?. The molecule has 3 rings (SSSR count). The molecule has 0 aromatic heterocycles. The summed E-state index contributed by atoms with van der Waals surface area (Å²) in [6, 6.07) is 15.1. The molecule has 1 aliphatic heterocycles. The number of hydrogen-bond donors (Lipinski definition) is 1. The van der Waals surface area contributed by atoms with Gasteiger partial charge in [-0.1, -0.05) is 30.3 Å². The summed E-state index contributed by atoms with van der Waals surface area (Å²) in [6.07, 6.45) is 1.80. The van der Waals surface area contributed by atoms with Crippen molar-refractivity contribution in [2.75, 3.05) is 12.0 Å². The van der Waals surface area contributed by atoms with Crippen LogP contribution in [0.25, 0.3) is 6.08 Å². The molecule has 0 spiro atoms. The second-order valence-corrected chi connectivity index (χ2v) is 6.15. The van der Waals surface area contributed by atoms with Crippen LogP contribution in [0.2, 0.25) is 0 Å². The molecule has 0 aliphatic carbocycles. The van der Waals surface area contributed by atoms with Crippen molar-refractivity contribution in [2.24, 2.45) is 0 Å². The van der Waals surface area contributed by atoms with Crippen molar-refractivity contribution in [1.82, 2.24) is 0 Å². The predicted molar refractivity (Wildman–Crippen MR) is 95.0 cm³/mol. The van der Waals surface area contributed by atoms with E-state index in [1.807, 2.05) is 55.5 Å². The number of para-hydroxylation sites is 1. The minimum absolute atomic E-state index is 0.162. The summed E-state index contributed by atoms with van der Waals surface area (Å²) in [5.41, 5.74) is 2.63. The first-order valence-corrected chi connectivity index (χ1v) is 7.94. The van der Waals surface area contributed by atoms with Crippen LogP contribution in [0.4, 0.5) is 5.69 Å². The van der Waals surface area contributed by atoms with E-state index in [1.54, 1.807) is 13.2 Å². The quantitative estimate of drug-likeness (QED) is 0.866. The van der Waals surface area contributed by atoms with Gasteiger partial charge >= 0.3 is 0 Å². The van der Waals surface area contributed by atoms with Gasteiger partial charge in [-0.2, -0.15) is 0 Å². The third kappa shape index (κ3) is 3.00. The van der Waals surface area contributed by atoms with Gasteiger partial charge in [0.05, 0.1) is 17.7 Å². The highest BCUT2D eigenvalue weighted by Gasteiger charge is 2.34. The Kier molecular flexibility index (Phi) is 4.21. The molecule has 1 N–H and O–H groups in total. The minimum Gasteiger partial charge on any atom is -0.497 e. The monoisotopic (exact) mass is 324 g/mol. The number of benzene rings is 2. The fourth-order valence-corrected chi connectivity index (χ4v) is 3.23. The molecule has 0 unspecified atom stereocenters. The van der Waals surface area contributed by atoms with Crippen molar-refractivity contribution in [2.45, 2.75) is 6.92 Å². The lowest BCUT2D eigenvalue weighted by molar-refractivity contribution is -0.113. The van der Waals surface area contributed by atoms with E-state index in [1.165, 1.54) is 16.7 Å². The molecule has 2 aromatic rings. The van der Waals surface area contributed by atoms with E-state index in [0.29, 0.717) is 4.91 Å². The molecule has 2 aromatic carbocycles. The summed E-state index contributed by atoms with van der Waals surface area (Å²) in [4.78, 5) is 14.7. The normalized spacial score (nSPS) is 16.3. The number of rotatable bonds is 3. The molecule has 4 nitrogen and oxygen atoms in total. The average molecular weight is 324 g/mol. The number of amides is 1. The number of nitrogens with one attached hydrogen (secondary N) is 1. The second kappa shape index (κ2) is 6.30. The van der Waals surface area contributed by atoms with E-state index in [0.717, 1.165) is 22.6 Å². The van der Waals surface area contributed by atoms with Crippen LogP contribution in [0, 0.1) is 12.3 Å². The van der Waals surface area contributed by atoms with Crippen molar-refractivity contribution >= 4 is 34.6 Å². The Hall–Kier alpha value is -2.53. The Morgan fingerprint density at radius 3 is 2.48 bits per heavy atom. The minimum atomic E-state index is -0.162. The van der Waals surface area contributed by atoms with Crippen LogP contribution in [-0.2, 0) is 4.79 Å². The van der Waals surface area contributed by atoms with Crippen molar-refractivity contribution in [1.29, 1.82) is 5.41 Å². The van der Waals surface area contributed by atoms with E-state index in [2.05, 4.69) is 0 Å². The zero-order valence-corrected chi connectivity index (χ0v) is 13.7. The van der Waals surface area contributed by atoms with Gasteiger partial charge in [-0.3, -0.25) is 15.1 Å². The molecule has 0 saturated carbocycles.